The van der Waals surface area contributed by atoms with Crippen molar-refractivity contribution in [1.29, 1.82) is 0 Å². The summed E-state index contributed by atoms with van der Waals surface area (Å²) in [7, 11) is 0. The fraction of sp³-hybridized carbons (Fsp3) is 0.0345. The Morgan fingerprint density at radius 2 is 0.783 bits per heavy atom. The molecule has 0 radical (unpaired) electrons. The average molecular weight is 767 g/mol. The fourth-order valence-corrected chi connectivity index (χ4v) is 9.49. The molecule has 0 fully saturated rings. The quantitative estimate of drug-likeness (QED) is 0.147. The van der Waals surface area contributed by atoms with Gasteiger partial charge in [-0.1, -0.05) is 158 Å². The molecule has 0 N–H and O–H groups in total. The van der Waals surface area contributed by atoms with Crippen LogP contribution in [0, 0.1) is 13.8 Å². The second-order valence-corrected chi connectivity index (χ2v) is 15.7. The highest BCUT2D eigenvalue weighted by Crippen LogP contribution is 2.45. The molecule has 60 heavy (non-hydrogen) atoms. The molecule has 0 saturated heterocycles. The number of aromatic nitrogens is 1. The summed E-state index contributed by atoms with van der Waals surface area (Å²) in [6.07, 6.45) is 0. The predicted octanol–water partition coefficient (Wildman–Crippen LogP) is 16.2. The van der Waals surface area contributed by atoms with Crippen LogP contribution in [0.3, 0.4) is 0 Å². The van der Waals surface area contributed by atoms with Crippen molar-refractivity contribution in [3.63, 3.8) is 0 Å². The molecule has 11 rings (SSSR count). The molecule has 0 aliphatic carbocycles. The van der Waals surface area contributed by atoms with Crippen LogP contribution in [-0.4, -0.2) is 4.57 Å². The maximum atomic E-state index is 2.42. The van der Waals surface area contributed by atoms with Crippen molar-refractivity contribution in [3.05, 3.63) is 230 Å². The monoisotopic (exact) mass is 766 g/mol. The van der Waals surface area contributed by atoms with Gasteiger partial charge >= 0.3 is 0 Å². The number of nitrogens with zero attached hydrogens (tertiary/aromatic N) is 2. The third-order valence-corrected chi connectivity index (χ3v) is 12.4. The molecule has 10 aromatic carbocycles. The van der Waals surface area contributed by atoms with E-state index >= 15 is 0 Å². The zero-order chi connectivity index (χ0) is 40.2. The smallest absolute Gasteiger partial charge is 0.0541 e. The number of rotatable bonds is 7. The minimum atomic E-state index is 1.14. The number of fused-ring (bicyclic) bond motifs is 5. The van der Waals surface area contributed by atoms with Gasteiger partial charge in [0.2, 0.25) is 0 Å². The minimum absolute atomic E-state index is 1.14. The molecule has 1 aromatic heterocycles. The number of anilines is 3. The van der Waals surface area contributed by atoms with E-state index in [2.05, 4.69) is 242 Å². The van der Waals surface area contributed by atoms with Crippen molar-refractivity contribution in [3.8, 4) is 39.1 Å². The molecule has 1 heterocycles. The topological polar surface area (TPSA) is 8.17 Å². The summed E-state index contributed by atoms with van der Waals surface area (Å²) >= 11 is 0. The van der Waals surface area contributed by atoms with E-state index in [0.29, 0.717) is 0 Å². The van der Waals surface area contributed by atoms with E-state index in [4.69, 9.17) is 0 Å². The van der Waals surface area contributed by atoms with E-state index in [1.54, 1.807) is 0 Å². The number of benzene rings is 10. The van der Waals surface area contributed by atoms with Gasteiger partial charge in [-0.25, -0.2) is 0 Å². The molecule has 0 aliphatic heterocycles. The van der Waals surface area contributed by atoms with Crippen LogP contribution in [0.15, 0.2) is 218 Å². The standard InChI is InChI=1S/C58H42N2/c1-39-40(2)54(59(44-20-8-4-9-21-44)45-22-10-5-11-23-45)37-35-47(39)43-32-36-56-53(38-43)48-24-16-17-29-55(48)60(56)46-33-30-42(31-34-46)58-51-27-14-12-25-49(51)57(41-18-6-3-7-19-41)50-26-13-15-28-52(50)58/h3-38H,1-2H3. The van der Waals surface area contributed by atoms with E-state index in [9.17, 15) is 0 Å². The average Bonchev–Trinajstić information content (AvgIpc) is 3.64. The molecule has 11 aromatic rings. The summed E-state index contributed by atoms with van der Waals surface area (Å²) in [6, 6.07) is 79.5. The second kappa shape index (κ2) is 14.6. The van der Waals surface area contributed by atoms with Crippen LogP contribution in [0.5, 0.6) is 0 Å². The van der Waals surface area contributed by atoms with E-state index in [1.807, 2.05) is 0 Å². The lowest BCUT2D eigenvalue weighted by molar-refractivity contribution is 1.18. The number of para-hydroxylation sites is 3. The maximum absolute atomic E-state index is 2.42. The Balaban J connectivity index is 1.02. The molecule has 2 heteroatoms. The van der Waals surface area contributed by atoms with Gasteiger partial charge in [0.25, 0.3) is 0 Å². The molecule has 0 atom stereocenters. The first-order valence-corrected chi connectivity index (χ1v) is 20.8. The molecule has 0 saturated carbocycles. The van der Waals surface area contributed by atoms with Gasteiger partial charge in [0, 0.05) is 33.5 Å². The normalized spacial score (nSPS) is 11.5. The lowest BCUT2D eigenvalue weighted by Gasteiger charge is -2.28. The Bertz CT molecular complexity index is 3270. The van der Waals surface area contributed by atoms with Gasteiger partial charge < -0.3 is 9.47 Å². The zero-order valence-electron chi connectivity index (χ0n) is 33.7. The molecule has 0 amide bonds. The SMILES string of the molecule is Cc1c(-c2ccc3c(c2)c2ccccc2n3-c2ccc(-c3c4ccccc4c(-c4ccccc4)c4ccccc34)cc2)ccc(N(c2ccccc2)c2ccccc2)c1C. The highest BCUT2D eigenvalue weighted by Gasteiger charge is 2.20. The highest BCUT2D eigenvalue weighted by molar-refractivity contribution is 6.21. The van der Waals surface area contributed by atoms with Crippen molar-refractivity contribution in [2.75, 3.05) is 4.90 Å². The van der Waals surface area contributed by atoms with Gasteiger partial charge in [-0.2, -0.15) is 0 Å². The molecule has 0 spiro atoms. The van der Waals surface area contributed by atoms with Crippen LogP contribution < -0.4 is 4.90 Å². The lowest BCUT2D eigenvalue weighted by Crippen LogP contribution is -2.12. The van der Waals surface area contributed by atoms with Crippen LogP contribution in [0.4, 0.5) is 17.1 Å². The fourth-order valence-electron chi connectivity index (χ4n) is 9.49. The van der Waals surface area contributed by atoms with E-state index < -0.39 is 0 Å². The van der Waals surface area contributed by atoms with Crippen molar-refractivity contribution in [2.24, 2.45) is 0 Å². The van der Waals surface area contributed by atoms with Crippen LogP contribution >= 0.6 is 0 Å². The Hall–Kier alpha value is -7.68. The third-order valence-electron chi connectivity index (χ3n) is 12.4. The maximum Gasteiger partial charge on any atom is 0.0541 e. The molecular formula is C58H42N2. The first-order valence-electron chi connectivity index (χ1n) is 20.8. The van der Waals surface area contributed by atoms with E-state index in [1.165, 1.54) is 93.5 Å². The zero-order valence-corrected chi connectivity index (χ0v) is 33.7. The Kier molecular flexibility index (Phi) is 8.64. The summed E-state index contributed by atoms with van der Waals surface area (Å²) in [6.45, 7) is 4.52. The highest BCUT2D eigenvalue weighted by atomic mass is 15.1. The van der Waals surface area contributed by atoms with Gasteiger partial charge in [0.05, 0.1) is 11.0 Å². The van der Waals surface area contributed by atoms with Crippen LogP contribution in [0.2, 0.25) is 0 Å². The minimum Gasteiger partial charge on any atom is -0.310 e. The van der Waals surface area contributed by atoms with Gasteiger partial charge in [0.15, 0.2) is 0 Å². The number of hydrogen-bond acceptors (Lipinski definition) is 1. The van der Waals surface area contributed by atoms with Gasteiger partial charge in [-0.15, -0.1) is 0 Å². The summed E-state index contributed by atoms with van der Waals surface area (Å²) in [5.41, 5.74) is 17.0. The molecule has 284 valence electrons. The third kappa shape index (κ3) is 5.80. The Morgan fingerprint density at radius 3 is 1.35 bits per heavy atom. The van der Waals surface area contributed by atoms with Gasteiger partial charge in [-0.05, 0) is 141 Å². The van der Waals surface area contributed by atoms with Crippen molar-refractivity contribution in [2.45, 2.75) is 13.8 Å². The molecule has 0 unspecified atom stereocenters. The Labute approximate surface area is 350 Å². The molecule has 0 bridgehead atoms. The van der Waals surface area contributed by atoms with Crippen molar-refractivity contribution < 1.29 is 0 Å². The van der Waals surface area contributed by atoms with E-state index in [0.717, 1.165) is 17.1 Å². The summed E-state index contributed by atoms with van der Waals surface area (Å²) in [5, 5.41) is 7.56. The molecular weight excluding hydrogens is 725 g/mol. The van der Waals surface area contributed by atoms with Crippen LogP contribution in [0.1, 0.15) is 11.1 Å². The second-order valence-electron chi connectivity index (χ2n) is 15.7. The predicted molar refractivity (Wildman–Crippen MR) is 256 cm³/mol. The molecule has 0 aliphatic rings. The lowest BCUT2D eigenvalue weighted by atomic mass is 9.86. The van der Waals surface area contributed by atoms with Crippen LogP contribution in [-0.2, 0) is 0 Å². The largest absolute Gasteiger partial charge is 0.310 e. The van der Waals surface area contributed by atoms with Crippen molar-refractivity contribution in [1.82, 2.24) is 4.57 Å². The first-order chi connectivity index (χ1) is 29.6. The first kappa shape index (κ1) is 35.5. The van der Waals surface area contributed by atoms with Gasteiger partial charge in [0.1, 0.15) is 0 Å². The van der Waals surface area contributed by atoms with Crippen molar-refractivity contribution >= 4 is 60.4 Å². The Morgan fingerprint density at radius 1 is 0.333 bits per heavy atom. The summed E-state index contributed by atoms with van der Waals surface area (Å²) in [5.74, 6) is 0. The van der Waals surface area contributed by atoms with Crippen LogP contribution in [0.25, 0.3) is 82.4 Å². The molecule has 2 nitrogen and oxygen atoms in total. The number of hydrogen-bond donors (Lipinski definition) is 0. The van der Waals surface area contributed by atoms with E-state index in [-0.39, 0.29) is 0 Å². The summed E-state index contributed by atoms with van der Waals surface area (Å²) in [4.78, 5) is 2.36. The summed E-state index contributed by atoms with van der Waals surface area (Å²) < 4.78 is 2.42. The van der Waals surface area contributed by atoms with Gasteiger partial charge in [-0.3, -0.25) is 0 Å².